The van der Waals surface area contributed by atoms with Gasteiger partial charge < -0.3 is 14.4 Å². The largest absolute Gasteiger partial charge is 0.480 e. The van der Waals surface area contributed by atoms with Crippen LogP contribution in [0.2, 0.25) is 5.02 Å². The highest BCUT2D eigenvalue weighted by molar-refractivity contribution is 6.30. The third-order valence-electron chi connectivity index (χ3n) is 6.96. The van der Waals surface area contributed by atoms with Crippen LogP contribution in [0.5, 0.6) is 17.6 Å². The lowest BCUT2D eigenvalue weighted by atomic mass is 9.82. The molecule has 0 N–H and O–H groups in total. The fourth-order valence-electron chi connectivity index (χ4n) is 5.35. The van der Waals surface area contributed by atoms with E-state index in [0.29, 0.717) is 47.9 Å². The van der Waals surface area contributed by atoms with Crippen LogP contribution in [-0.2, 0) is 13.0 Å². The summed E-state index contributed by atoms with van der Waals surface area (Å²) in [5.41, 5.74) is 1.06. The summed E-state index contributed by atoms with van der Waals surface area (Å²) in [7, 11) is 1.61. The number of rotatable bonds is 8. The maximum Gasteiger partial charge on any atom is 0.320 e. The number of hydrogen-bond donors (Lipinski definition) is 0. The molecule has 35 heavy (non-hydrogen) atoms. The molecule has 8 nitrogen and oxygen atoms in total. The highest BCUT2D eigenvalue weighted by Crippen LogP contribution is 2.44. The zero-order valence-electron chi connectivity index (χ0n) is 20.2. The van der Waals surface area contributed by atoms with Crippen LogP contribution in [-0.4, -0.2) is 45.2 Å². The van der Waals surface area contributed by atoms with Crippen LogP contribution in [0, 0.1) is 29.5 Å². The standard InChI is InChI=1S/C25H30ClFN6O2/c1-15(2)12-33-25(35-19-6-7-22(27)21(26)9-19)29-23(31-33)10-20-16-4-5-17(20)14-32(13-16)18-8-24(34-3)30-28-11-18/h6-9,11,15-17,20H,4-5,10,12-14H2,1-3H3/t16-,17+,20?. The first-order chi connectivity index (χ1) is 16.9. The van der Waals surface area contributed by atoms with Crippen molar-refractivity contribution in [3.63, 3.8) is 0 Å². The molecule has 186 valence electrons. The third kappa shape index (κ3) is 5.19. The number of aromatic nitrogens is 5. The van der Waals surface area contributed by atoms with E-state index in [1.165, 1.54) is 25.0 Å². The molecule has 3 atom stereocenters. The van der Waals surface area contributed by atoms with Crippen molar-refractivity contribution in [3.05, 3.63) is 47.1 Å². The van der Waals surface area contributed by atoms with E-state index in [2.05, 4.69) is 28.9 Å². The van der Waals surface area contributed by atoms with Crippen molar-refractivity contribution in [1.82, 2.24) is 25.0 Å². The van der Waals surface area contributed by atoms with Crippen molar-refractivity contribution < 1.29 is 13.9 Å². The maximum absolute atomic E-state index is 13.6. The van der Waals surface area contributed by atoms with E-state index < -0.39 is 5.82 Å². The summed E-state index contributed by atoms with van der Waals surface area (Å²) in [4.78, 5) is 7.14. The van der Waals surface area contributed by atoms with E-state index in [-0.39, 0.29) is 5.02 Å². The maximum atomic E-state index is 13.6. The average molecular weight is 501 g/mol. The Morgan fingerprint density at radius 3 is 2.63 bits per heavy atom. The molecule has 1 aromatic carbocycles. The smallest absolute Gasteiger partial charge is 0.320 e. The van der Waals surface area contributed by atoms with Crippen molar-refractivity contribution >= 4 is 17.3 Å². The fourth-order valence-corrected chi connectivity index (χ4v) is 5.52. The molecule has 3 aromatic rings. The third-order valence-corrected chi connectivity index (χ3v) is 7.25. The highest BCUT2D eigenvalue weighted by atomic mass is 35.5. The van der Waals surface area contributed by atoms with Gasteiger partial charge in [-0.25, -0.2) is 9.07 Å². The van der Waals surface area contributed by atoms with Gasteiger partial charge in [0.15, 0.2) is 5.82 Å². The lowest BCUT2D eigenvalue weighted by molar-refractivity contribution is 0.265. The number of hydrogen-bond acceptors (Lipinski definition) is 7. The van der Waals surface area contributed by atoms with Crippen molar-refractivity contribution in [2.75, 3.05) is 25.1 Å². The Balaban J connectivity index is 1.32. The van der Waals surface area contributed by atoms with E-state index in [0.717, 1.165) is 31.0 Å². The van der Waals surface area contributed by atoms with Gasteiger partial charge in [0.05, 0.1) is 24.0 Å². The molecule has 0 spiro atoms. The normalized spacial score (nSPS) is 21.5. The summed E-state index contributed by atoms with van der Waals surface area (Å²) in [5.74, 6) is 3.29. The lowest BCUT2D eigenvalue weighted by Crippen LogP contribution is -2.42. The summed E-state index contributed by atoms with van der Waals surface area (Å²) in [6.45, 7) is 6.87. The molecule has 2 bridgehead atoms. The van der Waals surface area contributed by atoms with Gasteiger partial charge >= 0.3 is 6.01 Å². The second-order valence-corrected chi connectivity index (χ2v) is 10.3. The van der Waals surface area contributed by atoms with Gasteiger partial charge in [-0.1, -0.05) is 25.4 Å². The molecule has 5 rings (SSSR count). The van der Waals surface area contributed by atoms with Gasteiger partial charge in [0.2, 0.25) is 5.88 Å². The molecule has 2 aliphatic rings. The topological polar surface area (TPSA) is 78.2 Å². The molecule has 1 saturated carbocycles. The first-order valence-electron chi connectivity index (χ1n) is 12.1. The van der Waals surface area contributed by atoms with E-state index in [1.54, 1.807) is 13.2 Å². The van der Waals surface area contributed by atoms with Crippen LogP contribution >= 0.6 is 11.6 Å². The predicted octanol–water partition coefficient (Wildman–Crippen LogP) is 5.02. The molecule has 1 aliphatic heterocycles. The van der Waals surface area contributed by atoms with E-state index >= 15 is 0 Å². The number of benzene rings is 1. The van der Waals surface area contributed by atoms with E-state index in [1.807, 2.05) is 16.9 Å². The number of ether oxygens (including phenoxy) is 2. The molecule has 1 unspecified atom stereocenters. The van der Waals surface area contributed by atoms with E-state index in [9.17, 15) is 4.39 Å². The Kier molecular flexibility index (Phi) is 6.77. The van der Waals surface area contributed by atoms with Crippen molar-refractivity contribution in [2.45, 2.75) is 39.7 Å². The SMILES string of the molecule is COc1cc(N2C[C@H]3CC[C@@H](C2)C3Cc2nc(Oc3ccc(F)c(Cl)c3)n(CC(C)C)n2)cnn1. The van der Waals surface area contributed by atoms with Crippen LogP contribution in [0.25, 0.3) is 0 Å². The summed E-state index contributed by atoms with van der Waals surface area (Å²) in [6, 6.07) is 6.67. The molecule has 1 aliphatic carbocycles. The minimum Gasteiger partial charge on any atom is -0.480 e. The second-order valence-electron chi connectivity index (χ2n) is 9.89. The summed E-state index contributed by atoms with van der Waals surface area (Å²) in [5, 5.41) is 12.9. The van der Waals surface area contributed by atoms with Crippen molar-refractivity contribution in [1.29, 1.82) is 0 Å². The molecule has 10 heteroatoms. The molecular weight excluding hydrogens is 471 g/mol. The van der Waals surface area contributed by atoms with E-state index in [4.69, 9.17) is 31.2 Å². The Bertz CT molecular complexity index is 1170. The van der Waals surface area contributed by atoms with Gasteiger partial charge in [0, 0.05) is 38.2 Å². The van der Waals surface area contributed by atoms with Gasteiger partial charge in [0.25, 0.3) is 0 Å². The van der Waals surface area contributed by atoms with Gasteiger partial charge in [-0.2, -0.15) is 15.2 Å². The fraction of sp³-hybridized carbons (Fsp3) is 0.520. The van der Waals surface area contributed by atoms with Gasteiger partial charge in [-0.15, -0.1) is 5.10 Å². The molecular formula is C25H30ClFN6O2. The summed E-state index contributed by atoms with van der Waals surface area (Å²) >= 11 is 5.93. The Hall–Kier alpha value is -2.94. The lowest BCUT2D eigenvalue weighted by Gasteiger charge is -2.38. The quantitative estimate of drug-likeness (QED) is 0.429. The Morgan fingerprint density at radius 1 is 1.17 bits per heavy atom. The summed E-state index contributed by atoms with van der Waals surface area (Å²) in [6.07, 6.45) is 5.02. The Labute approximate surface area is 209 Å². The molecule has 0 radical (unpaired) electrons. The monoisotopic (exact) mass is 500 g/mol. The minimum atomic E-state index is -0.480. The zero-order chi connectivity index (χ0) is 24.5. The number of halogens is 2. The van der Waals surface area contributed by atoms with Gasteiger partial charge in [-0.3, -0.25) is 0 Å². The van der Waals surface area contributed by atoms with Crippen LogP contribution in [0.3, 0.4) is 0 Å². The van der Waals surface area contributed by atoms with Crippen LogP contribution in [0.4, 0.5) is 10.1 Å². The average Bonchev–Trinajstić information content (AvgIpc) is 3.29. The number of methoxy groups -OCH3 is 1. The number of anilines is 1. The van der Waals surface area contributed by atoms with Crippen molar-refractivity contribution in [3.8, 4) is 17.6 Å². The molecule has 0 amide bonds. The minimum absolute atomic E-state index is 0.0167. The molecule has 2 aromatic heterocycles. The Morgan fingerprint density at radius 2 is 1.94 bits per heavy atom. The number of fused-ring (bicyclic) bond motifs is 2. The van der Waals surface area contributed by atoms with Crippen molar-refractivity contribution in [2.24, 2.45) is 23.7 Å². The van der Waals surface area contributed by atoms with Crippen LogP contribution < -0.4 is 14.4 Å². The first-order valence-corrected chi connectivity index (χ1v) is 12.5. The second kappa shape index (κ2) is 9.97. The highest BCUT2D eigenvalue weighted by Gasteiger charge is 2.42. The molecule has 1 saturated heterocycles. The predicted molar refractivity (Wildman–Crippen MR) is 131 cm³/mol. The molecule has 3 heterocycles. The molecule has 2 fully saturated rings. The number of piperidine rings is 1. The number of nitrogens with zero attached hydrogens (tertiary/aromatic N) is 6. The van der Waals surface area contributed by atoms with Crippen LogP contribution in [0.15, 0.2) is 30.5 Å². The first kappa shape index (κ1) is 23.8. The summed E-state index contributed by atoms with van der Waals surface area (Å²) < 4.78 is 26.6. The van der Waals surface area contributed by atoms with Gasteiger partial charge in [0.1, 0.15) is 11.6 Å². The van der Waals surface area contributed by atoms with Crippen LogP contribution in [0.1, 0.15) is 32.5 Å². The zero-order valence-corrected chi connectivity index (χ0v) is 21.0. The van der Waals surface area contributed by atoms with Gasteiger partial charge in [-0.05, 0) is 48.6 Å².